The van der Waals surface area contributed by atoms with Crippen LogP contribution in [0.25, 0.3) is 10.9 Å². The summed E-state index contributed by atoms with van der Waals surface area (Å²) in [4.78, 5) is 22.5. The van der Waals surface area contributed by atoms with E-state index in [0.717, 1.165) is 55.6 Å². The summed E-state index contributed by atoms with van der Waals surface area (Å²) in [6, 6.07) is 7.90. The fourth-order valence-electron chi connectivity index (χ4n) is 2.47. The molecule has 0 saturated carbocycles. The number of benzene rings is 1. The molecule has 1 heterocycles. The van der Waals surface area contributed by atoms with E-state index in [-0.39, 0.29) is 5.91 Å². The second kappa shape index (κ2) is 9.82. The Balaban J connectivity index is 1.63. The monoisotopic (exact) mass is 329 g/mol. The fraction of sp³-hybridized carbons (Fsp3) is 0.500. The van der Waals surface area contributed by atoms with Crippen LogP contribution in [0.3, 0.4) is 0 Å². The van der Waals surface area contributed by atoms with Gasteiger partial charge in [-0.2, -0.15) is 0 Å². The van der Waals surface area contributed by atoms with Crippen molar-refractivity contribution in [2.24, 2.45) is 0 Å². The van der Waals surface area contributed by atoms with Crippen molar-refractivity contribution in [1.82, 2.24) is 20.2 Å². The molecule has 2 aromatic rings. The summed E-state index contributed by atoms with van der Waals surface area (Å²) < 4.78 is 0. The van der Waals surface area contributed by atoms with Gasteiger partial charge >= 0.3 is 0 Å². The summed E-state index contributed by atoms with van der Waals surface area (Å²) in [6.45, 7) is 2.54. The number of fused-ring (bicyclic) bond motifs is 1. The van der Waals surface area contributed by atoms with Crippen LogP contribution < -0.4 is 10.6 Å². The van der Waals surface area contributed by atoms with Crippen LogP contribution in [0.4, 0.5) is 5.82 Å². The lowest BCUT2D eigenvalue weighted by molar-refractivity contribution is -0.121. The number of unbranched alkanes of at least 4 members (excludes halogenated alkanes) is 1. The van der Waals surface area contributed by atoms with Crippen molar-refractivity contribution >= 4 is 22.6 Å². The van der Waals surface area contributed by atoms with Gasteiger partial charge in [-0.1, -0.05) is 12.1 Å². The highest BCUT2D eigenvalue weighted by molar-refractivity contribution is 5.88. The predicted octanol–water partition coefficient (Wildman–Crippen LogP) is 2.28. The summed E-state index contributed by atoms with van der Waals surface area (Å²) in [5.74, 6) is 0.943. The molecule has 0 fully saturated rings. The first kappa shape index (κ1) is 18.1. The molecule has 2 rings (SSSR count). The SMILES string of the molecule is CN(C)CCCCNC(=O)CCCNc1ncnc2ccccc12. The second-order valence-electron chi connectivity index (χ2n) is 6.13. The first-order chi connectivity index (χ1) is 11.7. The standard InChI is InChI=1S/C18H27N5O/c1-23(2)13-6-5-11-19-17(24)10-7-12-20-18-15-8-3-4-9-16(15)21-14-22-18/h3-4,8-9,14H,5-7,10-13H2,1-2H3,(H,19,24)(H,20,21,22). The zero-order valence-electron chi connectivity index (χ0n) is 14.6. The molecule has 24 heavy (non-hydrogen) atoms. The molecule has 0 spiro atoms. The van der Waals surface area contributed by atoms with Gasteiger partial charge in [-0.3, -0.25) is 4.79 Å². The number of nitrogens with zero attached hydrogens (tertiary/aromatic N) is 3. The predicted molar refractivity (Wildman–Crippen MR) is 98.1 cm³/mol. The molecule has 0 aliphatic heterocycles. The van der Waals surface area contributed by atoms with Crippen LogP contribution in [0.15, 0.2) is 30.6 Å². The summed E-state index contributed by atoms with van der Waals surface area (Å²) in [6.07, 6.45) is 5.00. The van der Waals surface area contributed by atoms with Crippen LogP contribution in [-0.4, -0.2) is 54.5 Å². The summed E-state index contributed by atoms with van der Waals surface area (Å²) in [7, 11) is 4.12. The topological polar surface area (TPSA) is 70.2 Å². The van der Waals surface area contributed by atoms with Crippen LogP contribution in [-0.2, 0) is 4.79 Å². The number of aromatic nitrogens is 2. The van der Waals surface area contributed by atoms with E-state index in [0.29, 0.717) is 6.42 Å². The molecule has 0 saturated heterocycles. The van der Waals surface area contributed by atoms with Crippen molar-refractivity contribution in [3.8, 4) is 0 Å². The quantitative estimate of drug-likeness (QED) is 0.655. The minimum Gasteiger partial charge on any atom is -0.369 e. The fourth-order valence-corrected chi connectivity index (χ4v) is 2.47. The van der Waals surface area contributed by atoms with Crippen molar-refractivity contribution in [2.45, 2.75) is 25.7 Å². The molecule has 2 N–H and O–H groups in total. The van der Waals surface area contributed by atoms with Crippen LogP contribution in [0, 0.1) is 0 Å². The highest BCUT2D eigenvalue weighted by atomic mass is 16.1. The number of rotatable bonds is 10. The maximum absolute atomic E-state index is 11.8. The van der Waals surface area contributed by atoms with Crippen LogP contribution in [0.1, 0.15) is 25.7 Å². The molecule has 1 amide bonds. The number of hydrogen-bond donors (Lipinski definition) is 2. The van der Waals surface area contributed by atoms with Crippen molar-refractivity contribution in [3.05, 3.63) is 30.6 Å². The summed E-state index contributed by atoms with van der Waals surface area (Å²) >= 11 is 0. The highest BCUT2D eigenvalue weighted by Crippen LogP contribution is 2.18. The third kappa shape index (κ3) is 6.12. The van der Waals surface area contributed by atoms with Gasteiger partial charge in [0.05, 0.1) is 5.52 Å². The Morgan fingerprint density at radius 3 is 2.75 bits per heavy atom. The Morgan fingerprint density at radius 2 is 1.92 bits per heavy atom. The Morgan fingerprint density at radius 1 is 1.08 bits per heavy atom. The zero-order valence-corrected chi connectivity index (χ0v) is 14.6. The van der Waals surface area contributed by atoms with Crippen molar-refractivity contribution in [3.63, 3.8) is 0 Å². The Labute approximate surface area is 143 Å². The number of nitrogens with one attached hydrogen (secondary N) is 2. The third-order valence-electron chi connectivity index (χ3n) is 3.77. The molecule has 6 nitrogen and oxygen atoms in total. The Bertz CT molecular complexity index is 639. The van der Waals surface area contributed by atoms with Crippen molar-refractivity contribution < 1.29 is 4.79 Å². The number of carbonyl (C=O) groups excluding carboxylic acids is 1. The van der Waals surface area contributed by atoms with E-state index in [4.69, 9.17) is 0 Å². The van der Waals surface area contributed by atoms with E-state index in [1.165, 1.54) is 0 Å². The largest absolute Gasteiger partial charge is 0.369 e. The van der Waals surface area contributed by atoms with Gasteiger partial charge in [-0.15, -0.1) is 0 Å². The van der Waals surface area contributed by atoms with Crippen LogP contribution >= 0.6 is 0 Å². The first-order valence-electron chi connectivity index (χ1n) is 8.52. The van der Waals surface area contributed by atoms with E-state index >= 15 is 0 Å². The van der Waals surface area contributed by atoms with Gasteiger partial charge in [0, 0.05) is 24.9 Å². The highest BCUT2D eigenvalue weighted by Gasteiger charge is 2.04. The molecular formula is C18H27N5O. The Hall–Kier alpha value is -2.21. The average Bonchev–Trinajstić information content (AvgIpc) is 2.58. The molecule has 1 aromatic heterocycles. The second-order valence-corrected chi connectivity index (χ2v) is 6.13. The van der Waals surface area contributed by atoms with Crippen LogP contribution in [0.2, 0.25) is 0 Å². The lowest BCUT2D eigenvalue weighted by Gasteiger charge is -2.10. The molecule has 0 atom stereocenters. The van der Waals surface area contributed by atoms with Crippen molar-refractivity contribution in [1.29, 1.82) is 0 Å². The average molecular weight is 329 g/mol. The van der Waals surface area contributed by atoms with Crippen LogP contribution in [0.5, 0.6) is 0 Å². The molecular weight excluding hydrogens is 302 g/mol. The van der Waals surface area contributed by atoms with Gasteiger partial charge in [0.25, 0.3) is 0 Å². The number of hydrogen-bond acceptors (Lipinski definition) is 5. The number of para-hydroxylation sites is 1. The minimum atomic E-state index is 0.120. The Kier molecular flexibility index (Phi) is 7.42. The molecule has 0 radical (unpaired) electrons. The number of amides is 1. The van der Waals surface area contributed by atoms with Crippen molar-refractivity contribution in [2.75, 3.05) is 39.0 Å². The van der Waals surface area contributed by atoms with E-state index in [2.05, 4.69) is 39.6 Å². The third-order valence-corrected chi connectivity index (χ3v) is 3.77. The maximum Gasteiger partial charge on any atom is 0.220 e. The minimum absolute atomic E-state index is 0.120. The summed E-state index contributed by atoms with van der Waals surface area (Å²) in [5.41, 5.74) is 0.922. The maximum atomic E-state index is 11.8. The zero-order chi connectivity index (χ0) is 17.2. The molecule has 130 valence electrons. The first-order valence-corrected chi connectivity index (χ1v) is 8.52. The van der Waals surface area contributed by atoms with Gasteiger partial charge in [0.15, 0.2) is 0 Å². The number of carbonyl (C=O) groups is 1. The van der Waals surface area contributed by atoms with Gasteiger partial charge in [-0.05, 0) is 52.0 Å². The smallest absolute Gasteiger partial charge is 0.220 e. The molecule has 0 unspecified atom stereocenters. The van der Waals surface area contributed by atoms with E-state index < -0.39 is 0 Å². The molecule has 6 heteroatoms. The van der Waals surface area contributed by atoms with E-state index in [9.17, 15) is 4.79 Å². The number of anilines is 1. The summed E-state index contributed by atoms with van der Waals surface area (Å²) in [5, 5.41) is 7.27. The van der Waals surface area contributed by atoms with E-state index in [1.54, 1.807) is 6.33 Å². The molecule has 0 aliphatic rings. The molecule has 0 bridgehead atoms. The molecule has 0 aliphatic carbocycles. The van der Waals surface area contributed by atoms with Gasteiger partial charge in [0.2, 0.25) is 5.91 Å². The molecule has 1 aromatic carbocycles. The normalized spacial score (nSPS) is 11.0. The lowest BCUT2D eigenvalue weighted by atomic mass is 10.2. The van der Waals surface area contributed by atoms with Gasteiger partial charge < -0.3 is 15.5 Å². The van der Waals surface area contributed by atoms with Gasteiger partial charge in [-0.25, -0.2) is 9.97 Å². The van der Waals surface area contributed by atoms with E-state index in [1.807, 2.05) is 24.3 Å². The lowest BCUT2D eigenvalue weighted by Crippen LogP contribution is -2.25. The van der Waals surface area contributed by atoms with Gasteiger partial charge in [0.1, 0.15) is 12.1 Å².